The van der Waals surface area contributed by atoms with Crippen LogP contribution in [0.15, 0.2) is 18.5 Å². The van der Waals surface area contributed by atoms with Crippen LogP contribution in [-0.2, 0) is 0 Å². The van der Waals surface area contributed by atoms with Gasteiger partial charge < -0.3 is 14.7 Å². The highest BCUT2D eigenvalue weighted by atomic mass is 16.5. The number of hydrogen-bond donors (Lipinski definition) is 1. The molecule has 20 heavy (non-hydrogen) atoms. The van der Waals surface area contributed by atoms with Crippen LogP contribution in [0.4, 0.5) is 0 Å². The van der Waals surface area contributed by atoms with E-state index in [1.165, 1.54) is 0 Å². The summed E-state index contributed by atoms with van der Waals surface area (Å²) in [5, 5.41) is 10.6. The molecule has 0 saturated carbocycles. The lowest BCUT2D eigenvalue weighted by Gasteiger charge is -2.40. The molecule has 0 spiro atoms. The van der Waals surface area contributed by atoms with Crippen LogP contribution in [0.1, 0.15) is 25.0 Å². The standard InChI is InChI=1S/C15H25N3O2/c1-4-7-20-13-8-12(9-16-10-13)15(19)14-11-17(2)5-6-18(14)3/h8-10,14-15,19H,4-7,11H2,1-3H3. The number of pyridine rings is 1. The Morgan fingerprint density at radius 2 is 2.20 bits per heavy atom. The monoisotopic (exact) mass is 279 g/mol. The molecule has 0 radical (unpaired) electrons. The van der Waals surface area contributed by atoms with Gasteiger partial charge in [-0.05, 0) is 26.6 Å². The Kier molecular flexibility index (Phi) is 5.34. The van der Waals surface area contributed by atoms with Gasteiger partial charge in [0.25, 0.3) is 0 Å². The Bertz CT molecular complexity index is 427. The second kappa shape index (κ2) is 7.02. The van der Waals surface area contributed by atoms with Gasteiger partial charge in [0, 0.05) is 31.4 Å². The summed E-state index contributed by atoms with van der Waals surface area (Å²) in [6, 6.07) is 1.99. The van der Waals surface area contributed by atoms with E-state index in [0.717, 1.165) is 37.4 Å². The molecular formula is C15H25N3O2. The van der Waals surface area contributed by atoms with E-state index in [1.807, 2.05) is 6.07 Å². The minimum atomic E-state index is -0.541. The lowest BCUT2D eigenvalue weighted by molar-refractivity contribution is 0.0135. The van der Waals surface area contributed by atoms with Gasteiger partial charge in [0.15, 0.2) is 0 Å². The average molecular weight is 279 g/mol. The molecule has 2 atom stereocenters. The van der Waals surface area contributed by atoms with Crippen molar-refractivity contribution in [3.8, 4) is 5.75 Å². The molecule has 2 rings (SSSR count). The molecule has 1 aliphatic heterocycles. The third-order valence-electron chi connectivity index (χ3n) is 3.81. The van der Waals surface area contributed by atoms with Gasteiger partial charge >= 0.3 is 0 Å². The van der Waals surface area contributed by atoms with Crippen molar-refractivity contribution in [3.05, 3.63) is 24.0 Å². The van der Waals surface area contributed by atoms with Crippen molar-refractivity contribution in [2.75, 3.05) is 40.3 Å². The number of rotatable bonds is 5. The number of hydrogen-bond acceptors (Lipinski definition) is 5. The number of ether oxygens (including phenoxy) is 1. The van der Waals surface area contributed by atoms with Crippen LogP contribution in [0.5, 0.6) is 5.75 Å². The van der Waals surface area contributed by atoms with Crippen molar-refractivity contribution in [1.29, 1.82) is 0 Å². The molecule has 2 unspecified atom stereocenters. The fraction of sp³-hybridized carbons (Fsp3) is 0.667. The predicted octanol–water partition coefficient (Wildman–Crippen LogP) is 1.15. The Hall–Kier alpha value is -1.17. The Balaban J connectivity index is 2.09. The van der Waals surface area contributed by atoms with E-state index in [-0.39, 0.29) is 6.04 Å². The molecule has 112 valence electrons. The zero-order valence-corrected chi connectivity index (χ0v) is 12.6. The summed E-state index contributed by atoms with van der Waals surface area (Å²) in [7, 11) is 4.15. The normalized spacial score (nSPS) is 22.7. The summed E-state index contributed by atoms with van der Waals surface area (Å²) in [6.07, 6.45) is 3.85. The van der Waals surface area contributed by atoms with E-state index in [0.29, 0.717) is 6.61 Å². The average Bonchev–Trinajstić information content (AvgIpc) is 2.47. The molecule has 2 heterocycles. The van der Waals surface area contributed by atoms with Crippen LogP contribution in [0.3, 0.4) is 0 Å². The molecule has 1 aromatic heterocycles. The predicted molar refractivity (Wildman–Crippen MR) is 78.9 cm³/mol. The Morgan fingerprint density at radius 3 is 2.95 bits per heavy atom. The lowest BCUT2D eigenvalue weighted by atomic mass is 10.0. The van der Waals surface area contributed by atoms with E-state index in [9.17, 15) is 5.11 Å². The van der Waals surface area contributed by atoms with Gasteiger partial charge in [0.1, 0.15) is 5.75 Å². The van der Waals surface area contributed by atoms with Crippen LogP contribution >= 0.6 is 0 Å². The van der Waals surface area contributed by atoms with Gasteiger partial charge in [0.05, 0.1) is 24.9 Å². The van der Waals surface area contributed by atoms with E-state index < -0.39 is 6.10 Å². The maximum Gasteiger partial charge on any atom is 0.137 e. The third-order valence-corrected chi connectivity index (χ3v) is 3.81. The van der Waals surface area contributed by atoms with Gasteiger partial charge in [-0.15, -0.1) is 0 Å². The van der Waals surface area contributed by atoms with Crippen molar-refractivity contribution in [1.82, 2.24) is 14.8 Å². The number of likely N-dealkylation sites (N-methyl/N-ethyl adjacent to an activating group) is 2. The third kappa shape index (κ3) is 3.69. The van der Waals surface area contributed by atoms with Crippen molar-refractivity contribution < 1.29 is 9.84 Å². The molecule has 0 amide bonds. The number of aliphatic hydroxyl groups excluding tert-OH is 1. The number of aromatic nitrogens is 1. The van der Waals surface area contributed by atoms with Gasteiger partial charge in [-0.1, -0.05) is 6.92 Å². The lowest BCUT2D eigenvalue weighted by Crippen LogP contribution is -2.52. The molecule has 5 nitrogen and oxygen atoms in total. The highest BCUT2D eigenvalue weighted by molar-refractivity contribution is 5.26. The first-order valence-electron chi connectivity index (χ1n) is 7.26. The summed E-state index contributed by atoms with van der Waals surface area (Å²) >= 11 is 0. The maximum absolute atomic E-state index is 10.6. The number of aliphatic hydroxyl groups is 1. The van der Waals surface area contributed by atoms with Gasteiger partial charge in [-0.3, -0.25) is 9.88 Å². The number of nitrogens with zero attached hydrogens (tertiary/aromatic N) is 3. The first-order valence-corrected chi connectivity index (χ1v) is 7.26. The summed E-state index contributed by atoms with van der Waals surface area (Å²) < 4.78 is 5.58. The van der Waals surface area contributed by atoms with Crippen LogP contribution in [-0.4, -0.2) is 66.3 Å². The first kappa shape index (κ1) is 15.2. The summed E-state index contributed by atoms with van der Waals surface area (Å²) in [4.78, 5) is 8.64. The van der Waals surface area contributed by atoms with Gasteiger partial charge in [-0.2, -0.15) is 0 Å². The van der Waals surface area contributed by atoms with Crippen LogP contribution in [0.25, 0.3) is 0 Å². The zero-order chi connectivity index (χ0) is 14.5. The van der Waals surface area contributed by atoms with E-state index >= 15 is 0 Å². The molecule has 1 saturated heterocycles. The Morgan fingerprint density at radius 1 is 1.40 bits per heavy atom. The molecule has 0 aromatic carbocycles. The highest BCUT2D eigenvalue weighted by Gasteiger charge is 2.29. The largest absolute Gasteiger partial charge is 0.492 e. The molecule has 1 fully saturated rings. The molecule has 0 bridgehead atoms. The Labute approximate surface area is 121 Å². The first-order chi connectivity index (χ1) is 9.61. The molecule has 0 aliphatic carbocycles. The quantitative estimate of drug-likeness (QED) is 0.876. The minimum absolute atomic E-state index is 0.0944. The molecular weight excluding hydrogens is 254 g/mol. The van der Waals surface area contributed by atoms with Crippen LogP contribution in [0.2, 0.25) is 0 Å². The fourth-order valence-corrected chi connectivity index (χ4v) is 2.50. The van der Waals surface area contributed by atoms with Crippen molar-refractivity contribution in [2.24, 2.45) is 0 Å². The number of piperazine rings is 1. The topological polar surface area (TPSA) is 48.8 Å². The second-order valence-corrected chi connectivity index (χ2v) is 5.56. The van der Waals surface area contributed by atoms with E-state index in [2.05, 4.69) is 35.8 Å². The zero-order valence-electron chi connectivity index (χ0n) is 12.6. The second-order valence-electron chi connectivity index (χ2n) is 5.56. The molecule has 1 N–H and O–H groups in total. The summed E-state index contributed by atoms with van der Waals surface area (Å²) in [6.45, 7) is 5.61. The molecule has 1 aliphatic rings. The fourth-order valence-electron chi connectivity index (χ4n) is 2.50. The van der Waals surface area contributed by atoms with Crippen molar-refractivity contribution in [3.63, 3.8) is 0 Å². The smallest absolute Gasteiger partial charge is 0.137 e. The highest BCUT2D eigenvalue weighted by Crippen LogP contribution is 2.25. The summed E-state index contributed by atoms with van der Waals surface area (Å²) in [5.74, 6) is 0.732. The van der Waals surface area contributed by atoms with Gasteiger partial charge in [-0.25, -0.2) is 0 Å². The minimum Gasteiger partial charge on any atom is -0.492 e. The van der Waals surface area contributed by atoms with Crippen molar-refractivity contribution >= 4 is 0 Å². The molecule has 5 heteroatoms. The van der Waals surface area contributed by atoms with Crippen LogP contribution in [0, 0.1) is 0 Å². The van der Waals surface area contributed by atoms with Gasteiger partial charge in [0.2, 0.25) is 0 Å². The molecule has 1 aromatic rings. The SMILES string of the molecule is CCCOc1cncc(C(O)C2CN(C)CCN2C)c1. The van der Waals surface area contributed by atoms with E-state index in [4.69, 9.17) is 4.74 Å². The van der Waals surface area contributed by atoms with E-state index in [1.54, 1.807) is 12.4 Å². The summed E-state index contributed by atoms with van der Waals surface area (Å²) in [5.41, 5.74) is 0.825. The van der Waals surface area contributed by atoms with Crippen LogP contribution < -0.4 is 4.74 Å². The van der Waals surface area contributed by atoms with Crippen molar-refractivity contribution in [2.45, 2.75) is 25.5 Å². The maximum atomic E-state index is 10.6.